The molecule has 6 heteroatoms. The lowest BCUT2D eigenvalue weighted by atomic mass is 10.1. The van der Waals surface area contributed by atoms with Gasteiger partial charge in [-0.1, -0.05) is 24.3 Å². The van der Waals surface area contributed by atoms with E-state index in [1.54, 1.807) is 42.1 Å². The molecule has 0 fully saturated rings. The van der Waals surface area contributed by atoms with Gasteiger partial charge in [-0.15, -0.1) is 23.5 Å². The van der Waals surface area contributed by atoms with Crippen LogP contribution in [0.4, 0.5) is 5.69 Å². The van der Waals surface area contributed by atoms with Crippen molar-refractivity contribution < 1.29 is 9.72 Å². The quantitative estimate of drug-likeness (QED) is 0.344. The average molecular weight is 319 g/mol. The summed E-state index contributed by atoms with van der Waals surface area (Å²) in [7, 11) is 0. The second-order valence-corrected chi connectivity index (χ2v) is 6.06. The van der Waals surface area contributed by atoms with Crippen LogP contribution in [0.2, 0.25) is 0 Å². The third-order valence-corrected chi connectivity index (χ3v) is 4.64. The number of para-hydroxylation sites is 1. The predicted molar refractivity (Wildman–Crippen MR) is 86.4 cm³/mol. The number of hydrogen-bond donors (Lipinski definition) is 0. The summed E-state index contributed by atoms with van der Waals surface area (Å²) >= 11 is 2.80. The second-order valence-electron chi connectivity index (χ2n) is 4.17. The Bertz CT molecular complexity index is 656. The van der Waals surface area contributed by atoms with E-state index in [1.165, 1.54) is 17.8 Å². The molecule has 2 aromatic carbocycles. The first-order valence-corrected chi connectivity index (χ1v) is 8.36. The number of nitrogens with zero attached hydrogens (tertiary/aromatic N) is 1. The summed E-state index contributed by atoms with van der Waals surface area (Å²) in [5.74, 6) is 0.148. The maximum absolute atomic E-state index is 12.1. The van der Waals surface area contributed by atoms with E-state index >= 15 is 0 Å². The zero-order valence-corrected chi connectivity index (χ0v) is 12.9. The first kappa shape index (κ1) is 15.6. The lowest BCUT2D eigenvalue weighted by molar-refractivity contribution is -0.387. The molecule has 0 saturated heterocycles. The molecule has 0 N–H and O–H groups in total. The SMILES string of the molecule is CSc1ccc(C(=O)CSc2ccccc2[N+](=O)[O-])cc1. The monoisotopic (exact) mass is 319 g/mol. The molecule has 4 nitrogen and oxygen atoms in total. The number of thioether (sulfide) groups is 2. The van der Waals surface area contributed by atoms with Crippen molar-refractivity contribution >= 4 is 35.0 Å². The van der Waals surface area contributed by atoms with Gasteiger partial charge < -0.3 is 0 Å². The van der Waals surface area contributed by atoms with Crippen LogP contribution in [-0.2, 0) is 0 Å². The summed E-state index contributed by atoms with van der Waals surface area (Å²) in [6.07, 6.45) is 1.97. The van der Waals surface area contributed by atoms with E-state index in [1.807, 2.05) is 18.4 Å². The van der Waals surface area contributed by atoms with Gasteiger partial charge in [0.25, 0.3) is 5.69 Å². The maximum atomic E-state index is 12.1. The van der Waals surface area contributed by atoms with Crippen LogP contribution >= 0.6 is 23.5 Å². The van der Waals surface area contributed by atoms with Crippen LogP contribution in [0.25, 0.3) is 0 Å². The summed E-state index contributed by atoms with van der Waals surface area (Å²) < 4.78 is 0. The number of carbonyl (C=O) groups is 1. The van der Waals surface area contributed by atoms with Crippen molar-refractivity contribution in [2.45, 2.75) is 9.79 Å². The molecule has 0 bridgehead atoms. The molecule has 0 radical (unpaired) electrons. The van der Waals surface area contributed by atoms with Crippen LogP contribution in [0.5, 0.6) is 0 Å². The van der Waals surface area contributed by atoms with E-state index < -0.39 is 4.92 Å². The molecule has 0 aromatic heterocycles. The zero-order chi connectivity index (χ0) is 15.2. The molecule has 0 saturated carbocycles. The largest absolute Gasteiger partial charge is 0.293 e. The van der Waals surface area contributed by atoms with Crippen molar-refractivity contribution in [3.63, 3.8) is 0 Å². The van der Waals surface area contributed by atoms with Crippen LogP contribution in [0.3, 0.4) is 0 Å². The van der Waals surface area contributed by atoms with Crippen LogP contribution in [0.1, 0.15) is 10.4 Å². The topological polar surface area (TPSA) is 60.2 Å². The Morgan fingerprint density at radius 1 is 1.14 bits per heavy atom. The summed E-state index contributed by atoms with van der Waals surface area (Å²) in [6, 6.07) is 13.8. The number of hydrogen-bond acceptors (Lipinski definition) is 5. The van der Waals surface area contributed by atoms with Gasteiger partial charge in [-0.05, 0) is 24.5 Å². The number of rotatable bonds is 6. The van der Waals surface area contributed by atoms with Crippen molar-refractivity contribution in [2.24, 2.45) is 0 Å². The number of benzene rings is 2. The Morgan fingerprint density at radius 3 is 2.43 bits per heavy atom. The Balaban J connectivity index is 2.05. The van der Waals surface area contributed by atoms with Crippen LogP contribution in [0, 0.1) is 10.1 Å². The molecule has 0 aliphatic rings. The highest BCUT2D eigenvalue weighted by molar-refractivity contribution is 8.00. The number of ketones is 1. The molecule has 0 amide bonds. The summed E-state index contributed by atoms with van der Waals surface area (Å²) in [4.78, 5) is 24.2. The standard InChI is InChI=1S/C15H13NO3S2/c1-20-12-8-6-11(7-9-12)14(17)10-21-15-5-3-2-4-13(15)16(18)19/h2-9H,10H2,1H3. The number of Topliss-reactive ketones (excluding diaryl/α,β-unsaturated/α-hetero) is 1. The molecule has 0 aliphatic carbocycles. The number of nitro benzene ring substituents is 1. The maximum Gasteiger partial charge on any atom is 0.282 e. The molecule has 0 unspecified atom stereocenters. The average Bonchev–Trinajstić information content (AvgIpc) is 2.52. The molecule has 0 aliphatic heterocycles. The van der Waals surface area contributed by atoms with Crippen molar-refractivity contribution in [3.8, 4) is 0 Å². The molecular weight excluding hydrogens is 306 g/mol. The minimum Gasteiger partial charge on any atom is -0.293 e. The van der Waals surface area contributed by atoms with Crippen molar-refractivity contribution in [1.29, 1.82) is 0 Å². The summed E-state index contributed by atoms with van der Waals surface area (Å²) in [6.45, 7) is 0. The highest BCUT2D eigenvalue weighted by Gasteiger charge is 2.14. The Morgan fingerprint density at radius 2 is 1.81 bits per heavy atom. The van der Waals surface area contributed by atoms with Gasteiger partial charge in [-0.2, -0.15) is 0 Å². The van der Waals surface area contributed by atoms with Gasteiger partial charge in [0.2, 0.25) is 0 Å². The molecule has 21 heavy (non-hydrogen) atoms. The molecule has 0 atom stereocenters. The Kier molecular flexibility index (Phi) is 5.41. The van der Waals surface area contributed by atoms with Gasteiger partial charge in [0.15, 0.2) is 5.78 Å². The van der Waals surface area contributed by atoms with E-state index in [4.69, 9.17) is 0 Å². The third kappa shape index (κ3) is 4.09. The highest BCUT2D eigenvalue weighted by Crippen LogP contribution is 2.29. The molecule has 0 heterocycles. The predicted octanol–water partition coefficient (Wildman–Crippen LogP) is 4.29. The van der Waals surface area contributed by atoms with Gasteiger partial charge in [0, 0.05) is 16.5 Å². The Hall–Kier alpha value is -1.79. The summed E-state index contributed by atoms with van der Waals surface area (Å²) in [5, 5.41) is 10.9. The normalized spacial score (nSPS) is 10.3. The van der Waals surface area contributed by atoms with Gasteiger partial charge in [0.1, 0.15) is 0 Å². The van der Waals surface area contributed by atoms with Crippen LogP contribution in [0.15, 0.2) is 58.3 Å². The van der Waals surface area contributed by atoms with E-state index in [0.29, 0.717) is 10.5 Å². The minimum absolute atomic E-state index is 0.0352. The van der Waals surface area contributed by atoms with Crippen molar-refractivity contribution in [2.75, 3.05) is 12.0 Å². The zero-order valence-electron chi connectivity index (χ0n) is 11.3. The third-order valence-electron chi connectivity index (χ3n) is 2.83. The fourth-order valence-corrected chi connectivity index (χ4v) is 3.06. The smallest absolute Gasteiger partial charge is 0.282 e. The lowest BCUT2D eigenvalue weighted by Gasteiger charge is -2.03. The highest BCUT2D eigenvalue weighted by atomic mass is 32.2. The fourth-order valence-electron chi connectivity index (χ4n) is 1.73. The van der Waals surface area contributed by atoms with Crippen molar-refractivity contribution in [3.05, 3.63) is 64.2 Å². The van der Waals surface area contributed by atoms with E-state index in [-0.39, 0.29) is 17.2 Å². The molecular formula is C15H13NO3S2. The molecule has 0 spiro atoms. The first-order chi connectivity index (χ1) is 10.1. The van der Waals surface area contributed by atoms with Crippen LogP contribution in [-0.4, -0.2) is 22.7 Å². The van der Waals surface area contributed by atoms with Gasteiger partial charge in [-0.3, -0.25) is 14.9 Å². The minimum atomic E-state index is -0.430. The Labute approximate surface area is 131 Å². The second kappa shape index (κ2) is 7.28. The van der Waals surface area contributed by atoms with E-state index in [2.05, 4.69) is 0 Å². The summed E-state index contributed by atoms with van der Waals surface area (Å²) in [5.41, 5.74) is 0.659. The van der Waals surface area contributed by atoms with E-state index in [0.717, 1.165) is 4.90 Å². The molecule has 108 valence electrons. The number of nitro groups is 1. The van der Waals surface area contributed by atoms with Gasteiger partial charge >= 0.3 is 0 Å². The van der Waals surface area contributed by atoms with Crippen LogP contribution < -0.4 is 0 Å². The van der Waals surface area contributed by atoms with Gasteiger partial charge in [0.05, 0.1) is 15.6 Å². The van der Waals surface area contributed by atoms with Gasteiger partial charge in [-0.25, -0.2) is 0 Å². The molecule has 2 rings (SSSR count). The molecule has 2 aromatic rings. The number of carbonyl (C=O) groups excluding carboxylic acids is 1. The lowest BCUT2D eigenvalue weighted by Crippen LogP contribution is -2.02. The fraction of sp³-hybridized carbons (Fsp3) is 0.133. The van der Waals surface area contributed by atoms with E-state index in [9.17, 15) is 14.9 Å². The first-order valence-electron chi connectivity index (χ1n) is 6.15. The van der Waals surface area contributed by atoms with Crippen molar-refractivity contribution in [1.82, 2.24) is 0 Å².